The minimum atomic E-state index is -0.130. The molecule has 0 bridgehead atoms. The van der Waals surface area contributed by atoms with Crippen LogP contribution in [0.4, 0.5) is 0 Å². The second kappa shape index (κ2) is 13.9. The number of hydrogen-bond acceptors (Lipinski definition) is 3. The maximum Gasteiger partial charge on any atom is 0.164 e. The second-order valence-electron chi connectivity index (χ2n) is 16.1. The summed E-state index contributed by atoms with van der Waals surface area (Å²) in [5.41, 5.74) is 16.2. The fourth-order valence-corrected chi connectivity index (χ4v) is 9.19. The highest BCUT2D eigenvalue weighted by Gasteiger charge is 2.33. The Morgan fingerprint density at radius 3 is 1.61 bits per heavy atom. The largest absolute Gasteiger partial charge is 0.309 e. The molecule has 4 nitrogen and oxygen atoms in total. The lowest BCUT2D eigenvalue weighted by Gasteiger charge is -2.35. The van der Waals surface area contributed by atoms with Gasteiger partial charge in [0.2, 0.25) is 0 Å². The highest BCUT2D eigenvalue weighted by molar-refractivity contribution is 6.10. The quantitative estimate of drug-likeness (QED) is 0.170. The Kier molecular flexibility index (Phi) is 8.19. The Hall–Kier alpha value is -7.43. The predicted molar refractivity (Wildman–Crippen MR) is 243 cm³/mol. The molecule has 59 heavy (non-hydrogen) atoms. The summed E-state index contributed by atoms with van der Waals surface area (Å²) in [5, 5.41) is 2.51. The Morgan fingerprint density at radius 1 is 0.373 bits per heavy atom. The highest BCUT2D eigenvalue weighted by atomic mass is 15.0. The van der Waals surface area contributed by atoms with Gasteiger partial charge in [0.05, 0.1) is 11.0 Å². The molecule has 0 fully saturated rings. The molecule has 0 amide bonds. The monoisotopic (exact) mass is 756 g/mol. The van der Waals surface area contributed by atoms with Crippen molar-refractivity contribution >= 4 is 21.8 Å². The van der Waals surface area contributed by atoms with Crippen molar-refractivity contribution in [2.24, 2.45) is 0 Å². The number of aromatic nitrogens is 4. The summed E-state index contributed by atoms with van der Waals surface area (Å²) in [5.74, 6) is 1.88. The number of rotatable bonds is 6. The lowest BCUT2D eigenvalue weighted by atomic mass is 9.69. The summed E-state index contributed by atoms with van der Waals surface area (Å²) < 4.78 is 2.42. The molecule has 11 rings (SSSR count). The molecule has 0 unspecified atom stereocenters. The smallest absolute Gasteiger partial charge is 0.164 e. The maximum atomic E-state index is 5.28. The van der Waals surface area contributed by atoms with E-state index in [1.54, 1.807) is 0 Å². The number of nitrogens with zero attached hydrogens (tertiary/aromatic N) is 4. The van der Waals surface area contributed by atoms with Crippen molar-refractivity contribution in [1.29, 1.82) is 0 Å². The molecule has 2 heterocycles. The Morgan fingerprint density at radius 2 is 0.915 bits per heavy atom. The standard InChI is InChI=1S/C55H40N4/c1-55(2)48-27-14-12-23-39(48)29-43-34-47-46-26-13-15-28-50(46)59(51(47)35-49(43)55)45-25-16-24-40(33-45)53-56-52(38-21-10-5-11-22-38)57-54(58-53)44-31-41(36-17-6-3-7-18-36)30-42(32-44)37-19-8-4-9-20-37/h3-28,30-35H,29H2,1-2H3. The van der Waals surface area contributed by atoms with Crippen LogP contribution in [-0.4, -0.2) is 19.5 Å². The van der Waals surface area contributed by atoms with Crippen molar-refractivity contribution in [3.05, 3.63) is 216 Å². The molecular weight excluding hydrogens is 717 g/mol. The van der Waals surface area contributed by atoms with E-state index in [1.165, 1.54) is 44.1 Å². The van der Waals surface area contributed by atoms with Gasteiger partial charge in [-0.15, -0.1) is 0 Å². The van der Waals surface area contributed by atoms with Crippen LogP contribution in [0.15, 0.2) is 194 Å². The maximum absolute atomic E-state index is 5.28. The van der Waals surface area contributed by atoms with Crippen LogP contribution in [0, 0.1) is 0 Å². The summed E-state index contributed by atoms with van der Waals surface area (Å²) >= 11 is 0. The molecule has 4 heteroatoms. The zero-order valence-corrected chi connectivity index (χ0v) is 33.0. The molecule has 10 aromatic rings. The van der Waals surface area contributed by atoms with Crippen LogP contribution >= 0.6 is 0 Å². The lowest BCUT2D eigenvalue weighted by Crippen LogP contribution is -2.27. The summed E-state index contributed by atoms with van der Waals surface area (Å²) in [4.78, 5) is 15.6. The average molecular weight is 757 g/mol. The van der Waals surface area contributed by atoms with E-state index in [9.17, 15) is 0 Å². The van der Waals surface area contributed by atoms with Crippen molar-refractivity contribution < 1.29 is 0 Å². The first-order valence-electron chi connectivity index (χ1n) is 20.3. The molecule has 0 saturated heterocycles. The fourth-order valence-electron chi connectivity index (χ4n) is 9.19. The molecule has 1 aliphatic carbocycles. The highest BCUT2D eigenvalue weighted by Crippen LogP contribution is 2.45. The molecule has 0 N–H and O–H groups in total. The minimum Gasteiger partial charge on any atom is -0.309 e. The van der Waals surface area contributed by atoms with Crippen LogP contribution in [0.1, 0.15) is 36.1 Å². The first-order valence-corrected chi connectivity index (χ1v) is 20.3. The first kappa shape index (κ1) is 34.8. The van der Waals surface area contributed by atoms with Crippen molar-refractivity contribution in [1.82, 2.24) is 19.5 Å². The van der Waals surface area contributed by atoms with Crippen LogP contribution in [0.3, 0.4) is 0 Å². The zero-order chi connectivity index (χ0) is 39.5. The molecule has 0 radical (unpaired) electrons. The second-order valence-corrected chi connectivity index (χ2v) is 16.1. The summed E-state index contributed by atoms with van der Waals surface area (Å²) in [6.45, 7) is 4.73. The minimum absolute atomic E-state index is 0.130. The van der Waals surface area contributed by atoms with Gasteiger partial charge in [-0.3, -0.25) is 0 Å². The topological polar surface area (TPSA) is 43.6 Å². The summed E-state index contributed by atoms with van der Waals surface area (Å²) in [7, 11) is 0. The fraction of sp³-hybridized carbons (Fsp3) is 0.0727. The van der Waals surface area contributed by atoms with Crippen molar-refractivity contribution in [2.75, 3.05) is 0 Å². The lowest BCUT2D eigenvalue weighted by molar-refractivity contribution is 0.611. The first-order chi connectivity index (χ1) is 29.0. The number of benzene rings is 8. The third kappa shape index (κ3) is 6.04. The van der Waals surface area contributed by atoms with E-state index in [1.807, 2.05) is 18.2 Å². The van der Waals surface area contributed by atoms with E-state index in [4.69, 9.17) is 15.0 Å². The van der Waals surface area contributed by atoms with Crippen molar-refractivity contribution in [3.63, 3.8) is 0 Å². The molecule has 1 aliphatic rings. The van der Waals surface area contributed by atoms with E-state index in [0.29, 0.717) is 17.5 Å². The van der Waals surface area contributed by atoms with Gasteiger partial charge >= 0.3 is 0 Å². The molecule has 0 atom stereocenters. The SMILES string of the molecule is CC1(C)c2ccccc2Cc2cc3c4ccccc4n(-c4cccc(-c5nc(-c6ccccc6)nc(-c6cc(-c7ccccc7)cc(-c7ccccc7)c6)n5)c4)c3cc21. The third-order valence-corrected chi connectivity index (χ3v) is 12.1. The molecule has 280 valence electrons. The van der Waals surface area contributed by atoms with E-state index in [-0.39, 0.29) is 5.41 Å². The van der Waals surface area contributed by atoms with Crippen molar-refractivity contribution in [2.45, 2.75) is 25.7 Å². The number of hydrogen-bond donors (Lipinski definition) is 0. The normalized spacial score (nSPS) is 13.0. The van der Waals surface area contributed by atoms with Crippen molar-refractivity contribution in [3.8, 4) is 62.1 Å². The summed E-state index contributed by atoms with van der Waals surface area (Å²) in [6, 6.07) is 69.2. The van der Waals surface area contributed by atoms with Gasteiger partial charge in [-0.1, -0.05) is 159 Å². The third-order valence-electron chi connectivity index (χ3n) is 12.1. The van der Waals surface area contributed by atoms with Crippen LogP contribution in [0.2, 0.25) is 0 Å². The van der Waals surface area contributed by atoms with E-state index in [2.05, 4.69) is 194 Å². The van der Waals surface area contributed by atoms with E-state index >= 15 is 0 Å². The van der Waals surface area contributed by atoms with Crippen LogP contribution in [0.5, 0.6) is 0 Å². The number of fused-ring (bicyclic) bond motifs is 5. The van der Waals surface area contributed by atoms with Gasteiger partial charge in [0.15, 0.2) is 17.5 Å². The van der Waals surface area contributed by atoms with E-state index < -0.39 is 0 Å². The van der Waals surface area contributed by atoms with Gasteiger partial charge in [-0.25, -0.2) is 15.0 Å². The Bertz CT molecular complexity index is 3140. The Labute approximate surface area is 344 Å². The van der Waals surface area contributed by atoms with Crippen LogP contribution < -0.4 is 0 Å². The van der Waals surface area contributed by atoms with Crippen LogP contribution in [0.25, 0.3) is 83.9 Å². The predicted octanol–water partition coefficient (Wildman–Crippen LogP) is 13.5. The average Bonchev–Trinajstić information content (AvgIpc) is 3.62. The number of para-hydroxylation sites is 1. The molecular formula is C55H40N4. The van der Waals surface area contributed by atoms with Crippen LogP contribution in [-0.2, 0) is 11.8 Å². The van der Waals surface area contributed by atoms with Gasteiger partial charge in [-0.2, -0.15) is 0 Å². The summed E-state index contributed by atoms with van der Waals surface area (Å²) in [6.07, 6.45) is 0.937. The molecule has 0 spiro atoms. The van der Waals surface area contributed by atoms with Gasteiger partial charge in [0.25, 0.3) is 0 Å². The Balaban J connectivity index is 1.10. The van der Waals surface area contributed by atoms with E-state index in [0.717, 1.165) is 51.1 Å². The van der Waals surface area contributed by atoms with Gasteiger partial charge in [-0.05, 0) is 99.5 Å². The van der Waals surface area contributed by atoms with Gasteiger partial charge in [0.1, 0.15) is 0 Å². The van der Waals surface area contributed by atoms with Gasteiger partial charge in [0, 0.05) is 38.6 Å². The zero-order valence-electron chi connectivity index (χ0n) is 33.0. The molecule has 8 aromatic carbocycles. The van der Waals surface area contributed by atoms with Gasteiger partial charge < -0.3 is 4.57 Å². The molecule has 0 aliphatic heterocycles. The molecule has 0 saturated carbocycles. The molecule has 2 aromatic heterocycles.